The molecule has 1 saturated heterocycles. The second-order valence-corrected chi connectivity index (χ2v) is 5.69. The lowest BCUT2D eigenvalue weighted by Gasteiger charge is -2.40. The highest BCUT2D eigenvalue weighted by molar-refractivity contribution is 5.90. The number of carbonyl (C=O) groups is 1. The number of aryl methyl sites for hydroxylation is 1. The van der Waals surface area contributed by atoms with Gasteiger partial charge < -0.3 is 10.5 Å². The third-order valence-electron chi connectivity index (χ3n) is 4.36. The average molecular weight is 294 g/mol. The van der Waals surface area contributed by atoms with E-state index in [1.54, 1.807) is 10.9 Å². The molecule has 1 aromatic rings. The number of ether oxygens (including phenoxy) is 1. The number of hydrogen-bond acceptors (Lipinski definition) is 5. The summed E-state index contributed by atoms with van der Waals surface area (Å²) in [6, 6.07) is 0.843. The van der Waals surface area contributed by atoms with Crippen LogP contribution in [0.15, 0.2) is 6.20 Å². The molecule has 0 amide bonds. The van der Waals surface area contributed by atoms with Crippen molar-refractivity contribution in [3.63, 3.8) is 0 Å². The van der Waals surface area contributed by atoms with E-state index in [9.17, 15) is 4.79 Å². The molecule has 1 aliphatic heterocycles. The summed E-state index contributed by atoms with van der Waals surface area (Å²) in [6.45, 7) is 5.75. The highest BCUT2D eigenvalue weighted by Crippen LogP contribution is 2.25. The predicted molar refractivity (Wildman–Crippen MR) is 80.9 cm³/mol. The number of nitrogens with zero attached hydrogens (tertiary/aromatic N) is 3. The van der Waals surface area contributed by atoms with E-state index in [4.69, 9.17) is 10.5 Å². The van der Waals surface area contributed by atoms with Crippen LogP contribution in [-0.2, 0) is 18.3 Å². The molecule has 2 N–H and O–H groups in total. The van der Waals surface area contributed by atoms with Gasteiger partial charge in [-0.15, -0.1) is 0 Å². The maximum atomic E-state index is 12.0. The van der Waals surface area contributed by atoms with Crippen LogP contribution in [0.1, 0.15) is 49.2 Å². The summed E-state index contributed by atoms with van der Waals surface area (Å²) < 4.78 is 6.88. The monoisotopic (exact) mass is 294 g/mol. The zero-order valence-electron chi connectivity index (χ0n) is 13.2. The molecular weight excluding hydrogens is 268 g/mol. The van der Waals surface area contributed by atoms with Crippen LogP contribution < -0.4 is 5.73 Å². The Morgan fingerprint density at radius 3 is 2.95 bits per heavy atom. The Labute approximate surface area is 126 Å². The van der Waals surface area contributed by atoms with Gasteiger partial charge in [-0.25, -0.2) is 4.79 Å². The van der Waals surface area contributed by atoms with Crippen LogP contribution in [0.25, 0.3) is 0 Å². The largest absolute Gasteiger partial charge is 0.462 e. The zero-order valence-corrected chi connectivity index (χ0v) is 13.2. The normalized spacial score (nSPS) is 23.2. The van der Waals surface area contributed by atoms with Crippen molar-refractivity contribution < 1.29 is 9.53 Å². The smallest absolute Gasteiger partial charge is 0.341 e. The maximum absolute atomic E-state index is 12.0. The number of carbonyl (C=O) groups excluding carboxylic acids is 1. The van der Waals surface area contributed by atoms with Crippen LogP contribution in [0.2, 0.25) is 0 Å². The SMILES string of the molecule is CCOC(=O)c1cnn(C)c1CN1C(C)CCCC1CN. The summed E-state index contributed by atoms with van der Waals surface area (Å²) in [5, 5.41) is 4.22. The lowest BCUT2D eigenvalue weighted by Crippen LogP contribution is -2.48. The van der Waals surface area contributed by atoms with Crippen molar-refractivity contribution in [3.8, 4) is 0 Å². The Balaban J connectivity index is 2.21. The molecule has 118 valence electrons. The van der Waals surface area contributed by atoms with Crippen LogP contribution in [0.5, 0.6) is 0 Å². The first-order valence-electron chi connectivity index (χ1n) is 7.72. The lowest BCUT2D eigenvalue weighted by molar-refractivity contribution is 0.0516. The Morgan fingerprint density at radius 2 is 2.29 bits per heavy atom. The zero-order chi connectivity index (χ0) is 15.4. The minimum Gasteiger partial charge on any atom is -0.462 e. The molecular formula is C15H26N4O2. The van der Waals surface area contributed by atoms with E-state index < -0.39 is 0 Å². The van der Waals surface area contributed by atoms with Crippen molar-refractivity contribution in [1.29, 1.82) is 0 Å². The summed E-state index contributed by atoms with van der Waals surface area (Å²) in [5.74, 6) is -0.297. The average Bonchev–Trinajstić information content (AvgIpc) is 2.83. The quantitative estimate of drug-likeness (QED) is 0.829. The summed E-state index contributed by atoms with van der Waals surface area (Å²) in [7, 11) is 1.87. The van der Waals surface area contributed by atoms with Crippen LogP contribution in [0.3, 0.4) is 0 Å². The molecule has 1 aliphatic rings. The van der Waals surface area contributed by atoms with E-state index in [0.29, 0.717) is 37.3 Å². The molecule has 0 radical (unpaired) electrons. The summed E-state index contributed by atoms with van der Waals surface area (Å²) >= 11 is 0. The Hall–Kier alpha value is -1.40. The maximum Gasteiger partial charge on any atom is 0.341 e. The van der Waals surface area contributed by atoms with Gasteiger partial charge in [0.1, 0.15) is 5.56 Å². The van der Waals surface area contributed by atoms with Gasteiger partial charge in [0.2, 0.25) is 0 Å². The molecule has 0 aliphatic carbocycles. The van der Waals surface area contributed by atoms with Crippen LogP contribution in [-0.4, -0.2) is 45.9 Å². The van der Waals surface area contributed by atoms with Crippen molar-refractivity contribution in [2.75, 3.05) is 13.2 Å². The van der Waals surface area contributed by atoms with E-state index in [-0.39, 0.29) is 5.97 Å². The lowest BCUT2D eigenvalue weighted by atomic mass is 9.96. The van der Waals surface area contributed by atoms with Crippen molar-refractivity contribution in [3.05, 3.63) is 17.5 Å². The predicted octanol–water partition coefficient (Wildman–Crippen LogP) is 1.30. The standard InChI is InChI=1S/C15H26N4O2/c1-4-21-15(20)13-9-17-18(3)14(13)10-19-11(2)6-5-7-12(19)8-16/h9,11-12H,4-8,10,16H2,1-3H3. The van der Waals surface area contributed by atoms with Gasteiger partial charge in [-0.1, -0.05) is 6.42 Å². The van der Waals surface area contributed by atoms with Gasteiger partial charge in [0.05, 0.1) is 18.5 Å². The van der Waals surface area contributed by atoms with Gasteiger partial charge >= 0.3 is 5.97 Å². The number of esters is 1. The van der Waals surface area contributed by atoms with Crippen LogP contribution in [0.4, 0.5) is 0 Å². The third kappa shape index (κ3) is 3.44. The van der Waals surface area contributed by atoms with Crippen LogP contribution >= 0.6 is 0 Å². The van der Waals surface area contributed by atoms with E-state index in [0.717, 1.165) is 12.1 Å². The number of nitrogens with two attached hydrogens (primary N) is 1. The number of aromatic nitrogens is 2. The van der Waals surface area contributed by atoms with Crippen molar-refractivity contribution in [1.82, 2.24) is 14.7 Å². The number of likely N-dealkylation sites (tertiary alicyclic amines) is 1. The van der Waals surface area contributed by atoms with Gasteiger partial charge in [0.25, 0.3) is 0 Å². The first kappa shape index (κ1) is 16.0. The molecule has 2 heterocycles. The highest BCUT2D eigenvalue weighted by Gasteiger charge is 2.29. The van der Waals surface area contributed by atoms with Gasteiger partial charge in [-0.2, -0.15) is 5.10 Å². The van der Waals surface area contributed by atoms with Gasteiger partial charge in [0, 0.05) is 32.2 Å². The first-order valence-corrected chi connectivity index (χ1v) is 7.72. The first-order chi connectivity index (χ1) is 10.1. The molecule has 21 heavy (non-hydrogen) atoms. The fourth-order valence-electron chi connectivity index (χ4n) is 3.08. The minimum atomic E-state index is -0.297. The third-order valence-corrected chi connectivity index (χ3v) is 4.36. The Kier molecular flexibility index (Phi) is 5.36. The topological polar surface area (TPSA) is 73.4 Å². The number of piperidine rings is 1. The summed E-state index contributed by atoms with van der Waals surface area (Å²) in [4.78, 5) is 14.4. The van der Waals surface area contributed by atoms with Gasteiger partial charge in [0.15, 0.2) is 0 Å². The molecule has 6 heteroatoms. The molecule has 2 atom stereocenters. The Bertz CT molecular complexity index is 486. The summed E-state index contributed by atoms with van der Waals surface area (Å²) in [6.07, 6.45) is 5.10. The molecule has 1 fully saturated rings. The minimum absolute atomic E-state index is 0.297. The van der Waals surface area contributed by atoms with Crippen LogP contribution in [0, 0.1) is 0 Å². The highest BCUT2D eigenvalue weighted by atomic mass is 16.5. The molecule has 0 aromatic carbocycles. The van der Waals surface area contributed by atoms with E-state index in [1.807, 2.05) is 14.0 Å². The van der Waals surface area contributed by atoms with Gasteiger partial charge in [-0.05, 0) is 26.7 Å². The summed E-state index contributed by atoms with van der Waals surface area (Å²) in [5.41, 5.74) is 7.38. The molecule has 0 bridgehead atoms. The second kappa shape index (κ2) is 7.04. The molecule has 0 saturated carbocycles. The Morgan fingerprint density at radius 1 is 1.52 bits per heavy atom. The van der Waals surface area contributed by atoms with Crippen molar-refractivity contribution in [2.45, 2.75) is 51.7 Å². The molecule has 2 unspecified atom stereocenters. The number of rotatable bonds is 5. The van der Waals surface area contributed by atoms with E-state index in [2.05, 4.69) is 16.9 Å². The molecule has 1 aromatic heterocycles. The van der Waals surface area contributed by atoms with Gasteiger partial charge in [-0.3, -0.25) is 9.58 Å². The fourth-order valence-corrected chi connectivity index (χ4v) is 3.08. The molecule has 2 rings (SSSR count). The number of hydrogen-bond donors (Lipinski definition) is 1. The fraction of sp³-hybridized carbons (Fsp3) is 0.733. The van der Waals surface area contributed by atoms with Crippen molar-refractivity contribution >= 4 is 5.97 Å². The molecule has 6 nitrogen and oxygen atoms in total. The van der Waals surface area contributed by atoms with E-state index >= 15 is 0 Å². The second-order valence-electron chi connectivity index (χ2n) is 5.69. The molecule has 0 spiro atoms. The van der Waals surface area contributed by atoms with E-state index in [1.165, 1.54) is 12.8 Å². The van der Waals surface area contributed by atoms with Crippen molar-refractivity contribution in [2.24, 2.45) is 12.8 Å².